The second-order valence-corrected chi connectivity index (χ2v) is 7.45. The Bertz CT molecular complexity index is 1050. The number of fused-ring (bicyclic) bond motifs is 1. The summed E-state index contributed by atoms with van der Waals surface area (Å²) in [6, 6.07) is 13.8. The Morgan fingerprint density at radius 2 is 1.66 bits per heavy atom. The number of hydrogen-bond acceptors (Lipinski definition) is 3. The molecule has 2 aromatic carbocycles. The van der Waals surface area contributed by atoms with Crippen molar-refractivity contribution in [1.82, 2.24) is 14.0 Å². The number of carbonyl (C=O) groups excluding carboxylic acids is 1. The third kappa shape index (κ3) is 4.28. The van der Waals surface area contributed by atoms with Gasteiger partial charge in [0, 0.05) is 44.7 Å². The molecule has 7 heteroatoms. The van der Waals surface area contributed by atoms with Gasteiger partial charge in [-0.15, -0.1) is 12.4 Å². The number of aromatic nitrogens is 2. The Balaban J connectivity index is 0.00000240. The lowest BCUT2D eigenvalue weighted by Gasteiger charge is -2.32. The number of rotatable bonds is 5. The number of nitrogens with zero attached hydrogens (tertiary/aromatic N) is 3. The average molecular weight is 418 g/mol. The van der Waals surface area contributed by atoms with Gasteiger partial charge < -0.3 is 4.90 Å². The van der Waals surface area contributed by atoms with Gasteiger partial charge in [0.1, 0.15) is 5.82 Å². The number of aryl methyl sites for hydroxylation is 1. The first-order valence-corrected chi connectivity index (χ1v) is 9.71. The zero-order chi connectivity index (χ0) is 19.7. The van der Waals surface area contributed by atoms with Gasteiger partial charge in [0.05, 0.1) is 11.0 Å². The highest BCUT2D eigenvalue weighted by molar-refractivity contribution is 5.96. The Morgan fingerprint density at radius 1 is 1.03 bits per heavy atom. The predicted molar refractivity (Wildman–Crippen MR) is 114 cm³/mol. The van der Waals surface area contributed by atoms with E-state index in [1.165, 1.54) is 24.3 Å². The molecule has 0 aliphatic carbocycles. The van der Waals surface area contributed by atoms with E-state index in [-0.39, 0.29) is 35.7 Å². The molecule has 29 heavy (non-hydrogen) atoms. The van der Waals surface area contributed by atoms with Crippen molar-refractivity contribution in [1.29, 1.82) is 0 Å². The molecule has 1 aliphatic heterocycles. The standard InChI is InChI=1S/C22H24FN3O2.ClH/c1-24-19-4-2-3-5-20(19)26(22(24)28)18-10-13-25(14-11-18)15-12-21(27)16-6-8-17(23)9-7-16;/h2-9,18H,10-15H2,1H3;1H. The lowest BCUT2D eigenvalue weighted by atomic mass is 10.0. The van der Waals surface area contributed by atoms with Crippen LogP contribution >= 0.6 is 12.4 Å². The molecular formula is C22H25ClFN3O2. The van der Waals surface area contributed by atoms with Crippen LogP contribution in [0.25, 0.3) is 11.0 Å². The summed E-state index contributed by atoms with van der Waals surface area (Å²) in [7, 11) is 1.82. The van der Waals surface area contributed by atoms with Gasteiger partial charge in [-0.3, -0.25) is 13.9 Å². The second-order valence-electron chi connectivity index (χ2n) is 7.45. The maximum atomic E-state index is 13.0. The number of benzene rings is 2. The van der Waals surface area contributed by atoms with Crippen LogP contribution in [0.1, 0.15) is 35.7 Å². The lowest BCUT2D eigenvalue weighted by molar-refractivity contribution is 0.0952. The number of para-hydroxylation sites is 2. The molecule has 2 heterocycles. The summed E-state index contributed by atoms with van der Waals surface area (Å²) in [4.78, 5) is 27.3. The number of piperidine rings is 1. The molecule has 0 bridgehead atoms. The number of ketones is 1. The highest BCUT2D eigenvalue weighted by Gasteiger charge is 2.24. The molecule has 1 aromatic heterocycles. The van der Waals surface area contributed by atoms with Crippen molar-refractivity contribution < 1.29 is 9.18 Å². The molecule has 4 rings (SSSR count). The first-order valence-electron chi connectivity index (χ1n) is 9.71. The van der Waals surface area contributed by atoms with E-state index in [2.05, 4.69) is 4.90 Å². The summed E-state index contributed by atoms with van der Waals surface area (Å²) in [5.74, 6) is -0.297. The van der Waals surface area contributed by atoms with Gasteiger partial charge in [-0.05, 0) is 49.2 Å². The van der Waals surface area contributed by atoms with Gasteiger partial charge in [0.2, 0.25) is 0 Å². The van der Waals surface area contributed by atoms with Gasteiger partial charge in [0.25, 0.3) is 0 Å². The predicted octanol–water partition coefficient (Wildman–Crippen LogP) is 3.81. The fraction of sp³-hybridized carbons (Fsp3) is 0.364. The first kappa shape index (κ1) is 21.3. The second kappa shape index (κ2) is 8.93. The summed E-state index contributed by atoms with van der Waals surface area (Å²) in [6.07, 6.45) is 2.20. The van der Waals surface area contributed by atoms with E-state index >= 15 is 0 Å². The molecule has 0 spiro atoms. The zero-order valence-electron chi connectivity index (χ0n) is 16.4. The van der Waals surface area contributed by atoms with Crippen LogP contribution < -0.4 is 5.69 Å². The minimum absolute atomic E-state index is 0. The molecule has 5 nitrogen and oxygen atoms in total. The zero-order valence-corrected chi connectivity index (χ0v) is 17.2. The topological polar surface area (TPSA) is 47.2 Å². The van der Waals surface area contributed by atoms with Crippen LogP contribution in [0, 0.1) is 5.82 Å². The van der Waals surface area contributed by atoms with Gasteiger partial charge in [0.15, 0.2) is 5.78 Å². The Morgan fingerprint density at radius 3 is 2.31 bits per heavy atom. The van der Waals surface area contributed by atoms with E-state index in [0.717, 1.165) is 37.0 Å². The monoisotopic (exact) mass is 417 g/mol. The summed E-state index contributed by atoms with van der Waals surface area (Å²) in [6.45, 7) is 2.40. The minimum Gasteiger partial charge on any atom is -0.303 e. The van der Waals surface area contributed by atoms with E-state index in [4.69, 9.17) is 0 Å². The van der Waals surface area contributed by atoms with E-state index in [0.29, 0.717) is 18.5 Å². The number of Topliss-reactive ketones (excluding diaryl/α,β-unsaturated/α-hetero) is 1. The molecule has 1 aliphatic rings. The maximum Gasteiger partial charge on any atom is 0.329 e. The normalized spacial score (nSPS) is 15.4. The summed E-state index contributed by atoms with van der Waals surface area (Å²) in [5.41, 5.74) is 2.53. The first-order chi connectivity index (χ1) is 13.5. The van der Waals surface area contributed by atoms with Crippen LogP contribution in [0.15, 0.2) is 53.3 Å². The molecule has 0 atom stereocenters. The fourth-order valence-electron chi connectivity index (χ4n) is 4.11. The van der Waals surface area contributed by atoms with Crippen LogP contribution in [-0.2, 0) is 7.05 Å². The Labute approximate surface area is 175 Å². The van der Waals surface area contributed by atoms with Crippen molar-refractivity contribution in [2.24, 2.45) is 7.05 Å². The molecule has 154 valence electrons. The van der Waals surface area contributed by atoms with Crippen LogP contribution in [0.4, 0.5) is 4.39 Å². The van der Waals surface area contributed by atoms with Crippen LogP contribution in [0.2, 0.25) is 0 Å². The van der Waals surface area contributed by atoms with Crippen molar-refractivity contribution in [3.05, 3.63) is 70.4 Å². The average Bonchev–Trinajstić information content (AvgIpc) is 2.98. The highest BCUT2D eigenvalue weighted by Crippen LogP contribution is 2.25. The van der Waals surface area contributed by atoms with Crippen LogP contribution in [0.3, 0.4) is 0 Å². The molecule has 0 unspecified atom stereocenters. The SMILES string of the molecule is Cl.Cn1c(=O)n(C2CCN(CCC(=O)c3ccc(F)cc3)CC2)c2ccccc21. The van der Waals surface area contributed by atoms with Gasteiger partial charge >= 0.3 is 5.69 Å². The number of halogens is 2. The largest absolute Gasteiger partial charge is 0.329 e. The van der Waals surface area contributed by atoms with Crippen molar-refractivity contribution in [3.63, 3.8) is 0 Å². The number of hydrogen-bond donors (Lipinski definition) is 0. The number of carbonyl (C=O) groups is 1. The molecule has 1 fully saturated rings. The molecule has 0 N–H and O–H groups in total. The quantitative estimate of drug-likeness (QED) is 0.593. The van der Waals surface area contributed by atoms with E-state index in [1.807, 2.05) is 35.9 Å². The van der Waals surface area contributed by atoms with Crippen molar-refractivity contribution >= 4 is 29.2 Å². The summed E-state index contributed by atoms with van der Waals surface area (Å²) in [5, 5.41) is 0. The number of likely N-dealkylation sites (tertiary alicyclic amines) is 1. The molecule has 0 saturated carbocycles. The molecular weight excluding hydrogens is 393 g/mol. The molecule has 3 aromatic rings. The van der Waals surface area contributed by atoms with Crippen molar-refractivity contribution in [2.75, 3.05) is 19.6 Å². The Kier molecular flexibility index (Phi) is 6.55. The van der Waals surface area contributed by atoms with Crippen LogP contribution in [-0.4, -0.2) is 39.5 Å². The third-order valence-electron chi connectivity index (χ3n) is 5.74. The van der Waals surface area contributed by atoms with Gasteiger partial charge in [-0.2, -0.15) is 0 Å². The van der Waals surface area contributed by atoms with Crippen LogP contribution in [0.5, 0.6) is 0 Å². The minimum atomic E-state index is -0.331. The highest BCUT2D eigenvalue weighted by atomic mass is 35.5. The molecule has 0 amide bonds. The van der Waals surface area contributed by atoms with Crippen molar-refractivity contribution in [3.8, 4) is 0 Å². The summed E-state index contributed by atoms with van der Waals surface area (Å²) < 4.78 is 16.6. The van der Waals surface area contributed by atoms with E-state index in [1.54, 1.807) is 4.57 Å². The molecule has 0 radical (unpaired) electrons. The number of imidazole rings is 1. The van der Waals surface area contributed by atoms with E-state index < -0.39 is 0 Å². The third-order valence-corrected chi connectivity index (χ3v) is 5.74. The molecule has 1 saturated heterocycles. The Hall–Kier alpha value is -2.44. The van der Waals surface area contributed by atoms with Crippen molar-refractivity contribution in [2.45, 2.75) is 25.3 Å². The fourth-order valence-corrected chi connectivity index (χ4v) is 4.11. The summed E-state index contributed by atoms with van der Waals surface area (Å²) >= 11 is 0. The lowest BCUT2D eigenvalue weighted by Crippen LogP contribution is -2.38. The smallest absolute Gasteiger partial charge is 0.303 e. The van der Waals surface area contributed by atoms with E-state index in [9.17, 15) is 14.0 Å². The van der Waals surface area contributed by atoms with Gasteiger partial charge in [-0.1, -0.05) is 12.1 Å². The van der Waals surface area contributed by atoms with Gasteiger partial charge in [-0.25, -0.2) is 9.18 Å². The maximum absolute atomic E-state index is 13.0.